The first-order valence-corrected chi connectivity index (χ1v) is 5.36. The van der Waals surface area contributed by atoms with Gasteiger partial charge in [0.1, 0.15) is 0 Å². The Morgan fingerprint density at radius 1 is 1.50 bits per heavy atom. The SMILES string of the molecule is CC(CCl)NC(=O)Cc1cccc(F)c1F. The maximum absolute atomic E-state index is 13.2. The number of alkyl halides is 1. The molecule has 0 bridgehead atoms. The van der Waals surface area contributed by atoms with Crippen molar-refractivity contribution in [2.24, 2.45) is 0 Å². The Bertz CT molecular complexity index is 384. The van der Waals surface area contributed by atoms with Crippen LogP contribution in [-0.4, -0.2) is 17.8 Å². The fourth-order valence-electron chi connectivity index (χ4n) is 1.22. The smallest absolute Gasteiger partial charge is 0.224 e. The number of hydrogen-bond donors (Lipinski definition) is 1. The van der Waals surface area contributed by atoms with E-state index in [1.807, 2.05) is 0 Å². The van der Waals surface area contributed by atoms with E-state index in [1.165, 1.54) is 12.1 Å². The van der Waals surface area contributed by atoms with Crippen molar-refractivity contribution in [2.45, 2.75) is 19.4 Å². The van der Waals surface area contributed by atoms with Crippen LogP contribution in [-0.2, 0) is 11.2 Å². The second-order valence-electron chi connectivity index (χ2n) is 3.51. The lowest BCUT2D eigenvalue weighted by Crippen LogP contribution is -2.34. The molecule has 1 rings (SSSR count). The average Bonchev–Trinajstić information content (AvgIpc) is 2.24. The summed E-state index contributed by atoms with van der Waals surface area (Å²) in [6, 6.07) is 3.57. The van der Waals surface area contributed by atoms with E-state index in [9.17, 15) is 13.6 Å². The Kier molecular flexibility index (Phi) is 4.68. The van der Waals surface area contributed by atoms with Gasteiger partial charge in [0.2, 0.25) is 5.91 Å². The molecule has 5 heteroatoms. The van der Waals surface area contributed by atoms with Gasteiger partial charge in [0, 0.05) is 17.5 Å². The molecule has 0 spiro atoms. The summed E-state index contributed by atoms with van der Waals surface area (Å²) < 4.78 is 26.0. The zero-order chi connectivity index (χ0) is 12.1. The van der Waals surface area contributed by atoms with Crippen molar-refractivity contribution in [3.63, 3.8) is 0 Å². The minimum atomic E-state index is -0.976. The standard InChI is InChI=1S/C11H12ClF2NO/c1-7(6-12)15-10(16)5-8-3-2-4-9(13)11(8)14/h2-4,7H,5-6H2,1H3,(H,15,16). The van der Waals surface area contributed by atoms with Gasteiger partial charge in [0.15, 0.2) is 11.6 Å². The number of nitrogens with one attached hydrogen (secondary N) is 1. The highest BCUT2D eigenvalue weighted by Crippen LogP contribution is 2.11. The molecule has 1 aromatic carbocycles. The predicted octanol–water partition coefficient (Wildman–Crippen LogP) is 2.25. The van der Waals surface area contributed by atoms with Gasteiger partial charge in [-0.3, -0.25) is 4.79 Å². The summed E-state index contributed by atoms with van der Waals surface area (Å²) in [5.41, 5.74) is 0.0410. The third kappa shape index (κ3) is 3.45. The highest BCUT2D eigenvalue weighted by atomic mass is 35.5. The predicted molar refractivity (Wildman–Crippen MR) is 58.4 cm³/mol. The third-order valence-electron chi connectivity index (χ3n) is 2.02. The molecule has 1 unspecified atom stereocenters. The summed E-state index contributed by atoms with van der Waals surface area (Å²) in [6.45, 7) is 1.73. The molecule has 0 aromatic heterocycles. The largest absolute Gasteiger partial charge is 0.352 e. The van der Waals surface area contributed by atoms with Crippen molar-refractivity contribution >= 4 is 17.5 Å². The number of amides is 1. The summed E-state index contributed by atoms with van der Waals surface area (Å²) in [7, 11) is 0. The Morgan fingerprint density at radius 3 is 2.81 bits per heavy atom. The zero-order valence-electron chi connectivity index (χ0n) is 8.77. The van der Waals surface area contributed by atoms with Crippen LogP contribution in [0.5, 0.6) is 0 Å². The van der Waals surface area contributed by atoms with Gasteiger partial charge in [-0.1, -0.05) is 12.1 Å². The van der Waals surface area contributed by atoms with Crippen LogP contribution in [0.3, 0.4) is 0 Å². The summed E-state index contributed by atoms with van der Waals surface area (Å²) in [6.07, 6.45) is -0.190. The van der Waals surface area contributed by atoms with Gasteiger partial charge in [0.05, 0.1) is 6.42 Å². The fourth-order valence-corrected chi connectivity index (χ4v) is 1.30. The van der Waals surface area contributed by atoms with Crippen LogP contribution < -0.4 is 5.32 Å². The summed E-state index contributed by atoms with van der Waals surface area (Å²) in [4.78, 5) is 11.4. The van der Waals surface area contributed by atoms with E-state index in [-0.39, 0.29) is 29.8 Å². The summed E-state index contributed by atoms with van der Waals surface area (Å²) in [5.74, 6) is -2.03. The summed E-state index contributed by atoms with van der Waals surface area (Å²) >= 11 is 5.51. The van der Waals surface area contributed by atoms with E-state index in [0.29, 0.717) is 0 Å². The third-order valence-corrected chi connectivity index (χ3v) is 2.48. The Morgan fingerprint density at radius 2 is 2.19 bits per heavy atom. The van der Waals surface area contributed by atoms with Gasteiger partial charge in [-0.15, -0.1) is 11.6 Å². The van der Waals surface area contributed by atoms with Gasteiger partial charge >= 0.3 is 0 Å². The molecule has 0 fully saturated rings. The number of hydrogen-bond acceptors (Lipinski definition) is 1. The normalized spacial score (nSPS) is 12.2. The molecule has 0 radical (unpaired) electrons. The van der Waals surface area contributed by atoms with Gasteiger partial charge in [-0.2, -0.15) is 0 Å². The van der Waals surface area contributed by atoms with Crippen LogP contribution in [0.4, 0.5) is 8.78 Å². The minimum Gasteiger partial charge on any atom is -0.352 e. The van der Waals surface area contributed by atoms with E-state index in [2.05, 4.69) is 5.32 Å². The van der Waals surface area contributed by atoms with Gasteiger partial charge in [0.25, 0.3) is 0 Å². The lowest BCUT2D eigenvalue weighted by molar-refractivity contribution is -0.120. The number of halogens is 3. The van der Waals surface area contributed by atoms with E-state index >= 15 is 0 Å². The maximum atomic E-state index is 13.2. The van der Waals surface area contributed by atoms with Crippen LogP contribution in [0.15, 0.2) is 18.2 Å². The van der Waals surface area contributed by atoms with Crippen LogP contribution >= 0.6 is 11.6 Å². The highest BCUT2D eigenvalue weighted by molar-refractivity contribution is 6.18. The topological polar surface area (TPSA) is 29.1 Å². The van der Waals surface area contributed by atoms with Crippen molar-refractivity contribution in [3.8, 4) is 0 Å². The second-order valence-corrected chi connectivity index (χ2v) is 3.82. The molecule has 1 aromatic rings. The van der Waals surface area contributed by atoms with Crippen LogP contribution in [0, 0.1) is 11.6 Å². The zero-order valence-corrected chi connectivity index (χ0v) is 9.52. The van der Waals surface area contributed by atoms with Gasteiger partial charge in [-0.05, 0) is 13.0 Å². The quantitative estimate of drug-likeness (QED) is 0.813. The molecular weight excluding hydrogens is 236 g/mol. The first kappa shape index (κ1) is 12.9. The Labute approximate surface area is 97.6 Å². The first-order chi connectivity index (χ1) is 7.54. The van der Waals surface area contributed by atoms with Crippen molar-refractivity contribution in [3.05, 3.63) is 35.4 Å². The van der Waals surface area contributed by atoms with Crippen molar-refractivity contribution in [2.75, 3.05) is 5.88 Å². The monoisotopic (exact) mass is 247 g/mol. The molecule has 0 aliphatic carbocycles. The van der Waals surface area contributed by atoms with E-state index in [0.717, 1.165) is 6.07 Å². The molecule has 0 aliphatic heterocycles. The Balaban J connectivity index is 2.66. The lowest BCUT2D eigenvalue weighted by atomic mass is 10.1. The van der Waals surface area contributed by atoms with Crippen molar-refractivity contribution in [1.82, 2.24) is 5.32 Å². The molecule has 0 heterocycles. The van der Waals surface area contributed by atoms with E-state index in [4.69, 9.17) is 11.6 Å². The number of carbonyl (C=O) groups is 1. The molecule has 1 atom stereocenters. The van der Waals surface area contributed by atoms with E-state index < -0.39 is 11.6 Å². The molecule has 1 amide bonds. The molecule has 0 aliphatic rings. The fraction of sp³-hybridized carbons (Fsp3) is 0.364. The molecule has 16 heavy (non-hydrogen) atoms. The average molecular weight is 248 g/mol. The molecule has 0 saturated carbocycles. The van der Waals surface area contributed by atoms with E-state index in [1.54, 1.807) is 6.92 Å². The van der Waals surface area contributed by atoms with Gasteiger partial charge in [-0.25, -0.2) is 8.78 Å². The number of benzene rings is 1. The van der Waals surface area contributed by atoms with Crippen LogP contribution in [0.1, 0.15) is 12.5 Å². The summed E-state index contributed by atoms with van der Waals surface area (Å²) in [5, 5.41) is 2.56. The van der Waals surface area contributed by atoms with Crippen molar-refractivity contribution < 1.29 is 13.6 Å². The first-order valence-electron chi connectivity index (χ1n) is 4.82. The Hall–Kier alpha value is -1.16. The highest BCUT2D eigenvalue weighted by Gasteiger charge is 2.12. The van der Waals surface area contributed by atoms with Crippen LogP contribution in [0.25, 0.3) is 0 Å². The van der Waals surface area contributed by atoms with Crippen LogP contribution in [0.2, 0.25) is 0 Å². The number of rotatable bonds is 4. The second kappa shape index (κ2) is 5.80. The minimum absolute atomic E-state index is 0.0410. The van der Waals surface area contributed by atoms with Gasteiger partial charge < -0.3 is 5.32 Å². The molecular formula is C11H12ClF2NO. The maximum Gasteiger partial charge on any atom is 0.224 e. The van der Waals surface area contributed by atoms with Crippen molar-refractivity contribution in [1.29, 1.82) is 0 Å². The molecule has 2 nitrogen and oxygen atoms in total. The lowest BCUT2D eigenvalue weighted by Gasteiger charge is -2.10. The molecule has 88 valence electrons. The number of carbonyl (C=O) groups excluding carboxylic acids is 1. The molecule has 0 saturated heterocycles. The molecule has 1 N–H and O–H groups in total.